The number of allylic oxidation sites excluding steroid dienone is 2. The van der Waals surface area contributed by atoms with E-state index in [0.29, 0.717) is 23.4 Å². The quantitative estimate of drug-likeness (QED) is 0.833. The molecule has 2 N–H and O–H groups in total. The van der Waals surface area contributed by atoms with E-state index < -0.39 is 12.0 Å². The number of aliphatic carboxylic acids is 1. The number of hydrogen-bond acceptors (Lipinski definition) is 2. The number of hydrogen-bond donors (Lipinski definition) is 2. The van der Waals surface area contributed by atoms with Crippen molar-refractivity contribution in [2.24, 2.45) is 5.92 Å². The number of halogens is 1. The van der Waals surface area contributed by atoms with Gasteiger partial charge in [-0.3, -0.25) is 4.79 Å². The molecule has 0 aromatic heterocycles. The number of nitrogens with one attached hydrogen (secondary N) is 1. The van der Waals surface area contributed by atoms with Gasteiger partial charge in [0.1, 0.15) is 0 Å². The lowest BCUT2D eigenvalue weighted by Gasteiger charge is -2.18. The third-order valence-electron chi connectivity index (χ3n) is 3.13. The second kappa shape index (κ2) is 5.89. The maximum absolute atomic E-state index is 12.0. The molecule has 1 aliphatic carbocycles. The molecule has 0 radical (unpaired) electrons. The van der Waals surface area contributed by atoms with Gasteiger partial charge in [-0.25, -0.2) is 4.79 Å². The van der Waals surface area contributed by atoms with Gasteiger partial charge in [0.15, 0.2) is 6.04 Å². The van der Waals surface area contributed by atoms with Crippen molar-refractivity contribution in [3.05, 3.63) is 47.0 Å². The zero-order valence-electron chi connectivity index (χ0n) is 10.2. The molecule has 0 saturated heterocycles. The molecule has 0 heterocycles. The minimum atomic E-state index is -1.12. The Bertz CT molecular complexity index is 519. The molecule has 5 heteroatoms. The Kier molecular flexibility index (Phi) is 4.22. The van der Waals surface area contributed by atoms with Crippen LogP contribution in [0.5, 0.6) is 0 Å². The number of rotatable bonds is 4. The van der Waals surface area contributed by atoms with Gasteiger partial charge in [0.2, 0.25) is 5.91 Å². The molecule has 0 unspecified atom stereocenters. The van der Waals surface area contributed by atoms with Gasteiger partial charge < -0.3 is 10.4 Å². The second-order valence-corrected chi connectivity index (χ2v) is 4.85. The summed E-state index contributed by atoms with van der Waals surface area (Å²) in [5, 5.41) is 12.1. The number of amides is 1. The summed E-state index contributed by atoms with van der Waals surface area (Å²) in [7, 11) is 0. The van der Waals surface area contributed by atoms with Crippen LogP contribution in [0.25, 0.3) is 0 Å². The number of benzene rings is 1. The Morgan fingerprint density at radius 2 is 1.89 bits per heavy atom. The van der Waals surface area contributed by atoms with Crippen LogP contribution >= 0.6 is 11.6 Å². The van der Waals surface area contributed by atoms with E-state index in [1.165, 1.54) is 0 Å². The molecule has 0 saturated carbocycles. The lowest BCUT2D eigenvalue weighted by molar-refractivity contribution is -0.142. The van der Waals surface area contributed by atoms with E-state index in [9.17, 15) is 14.7 Å². The average Bonchev–Trinajstić information content (AvgIpc) is 2.90. The van der Waals surface area contributed by atoms with Crippen molar-refractivity contribution in [2.75, 3.05) is 0 Å². The van der Waals surface area contributed by atoms with E-state index in [-0.39, 0.29) is 11.8 Å². The highest BCUT2D eigenvalue weighted by atomic mass is 35.5. The number of carbonyl (C=O) groups is 2. The van der Waals surface area contributed by atoms with Gasteiger partial charge in [-0.05, 0) is 18.9 Å². The molecule has 1 amide bonds. The molecule has 0 aliphatic heterocycles. The summed E-state index contributed by atoms with van der Waals surface area (Å²) >= 11 is 5.98. The first-order valence-corrected chi connectivity index (χ1v) is 6.40. The predicted molar refractivity (Wildman–Crippen MR) is 71.8 cm³/mol. The molecular formula is C14H14ClNO3. The molecule has 19 heavy (non-hydrogen) atoms. The van der Waals surface area contributed by atoms with E-state index in [4.69, 9.17) is 11.6 Å². The van der Waals surface area contributed by atoms with Crippen LogP contribution in [0.3, 0.4) is 0 Å². The molecule has 1 atom stereocenters. The average molecular weight is 280 g/mol. The summed E-state index contributed by atoms with van der Waals surface area (Å²) in [5.74, 6) is -1.55. The highest BCUT2D eigenvalue weighted by Crippen LogP contribution is 2.25. The molecule has 2 rings (SSSR count). The molecule has 1 aliphatic rings. The molecule has 1 aromatic carbocycles. The molecule has 0 spiro atoms. The maximum Gasteiger partial charge on any atom is 0.330 e. The SMILES string of the molecule is O=C(N[C@@H](C(=O)O)c1ccccc1Cl)C1CC=CC1. The summed E-state index contributed by atoms with van der Waals surface area (Å²) < 4.78 is 0. The molecule has 0 bridgehead atoms. The van der Waals surface area contributed by atoms with Crippen LogP contribution in [0.2, 0.25) is 5.02 Å². The molecular weight excluding hydrogens is 266 g/mol. The Morgan fingerprint density at radius 3 is 2.47 bits per heavy atom. The van der Waals surface area contributed by atoms with Crippen LogP contribution in [0.1, 0.15) is 24.4 Å². The van der Waals surface area contributed by atoms with Gasteiger partial charge in [-0.2, -0.15) is 0 Å². The van der Waals surface area contributed by atoms with E-state index in [0.717, 1.165) is 0 Å². The van der Waals surface area contributed by atoms with Gasteiger partial charge in [0, 0.05) is 16.5 Å². The Hall–Kier alpha value is -1.81. The zero-order valence-corrected chi connectivity index (χ0v) is 10.9. The first-order valence-electron chi connectivity index (χ1n) is 6.02. The number of carboxylic acid groups (broad SMARTS) is 1. The van der Waals surface area contributed by atoms with Crippen LogP contribution < -0.4 is 5.32 Å². The van der Waals surface area contributed by atoms with Gasteiger partial charge in [0.05, 0.1) is 0 Å². The van der Waals surface area contributed by atoms with Crippen molar-refractivity contribution in [1.29, 1.82) is 0 Å². The summed E-state index contributed by atoms with van der Waals surface area (Å²) in [6.07, 6.45) is 5.16. The lowest BCUT2D eigenvalue weighted by Crippen LogP contribution is -2.37. The highest BCUT2D eigenvalue weighted by molar-refractivity contribution is 6.31. The molecule has 100 valence electrons. The molecule has 4 nitrogen and oxygen atoms in total. The Balaban J connectivity index is 2.15. The van der Waals surface area contributed by atoms with Crippen LogP contribution in [0, 0.1) is 5.92 Å². The minimum Gasteiger partial charge on any atom is -0.479 e. The largest absolute Gasteiger partial charge is 0.479 e. The summed E-state index contributed by atoms with van der Waals surface area (Å²) in [4.78, 5) is 23.3. The van der Waals surface area contributed by atoms with Crippen molar-refractivity contribution >= 4 is 23.5 Å². The lowest BCUT2D eigenvalue weighted by atomic mass is 10.0. The van der Waals surface area contributed by atoms with Crippen LogP contribution in [0.4, 0.5) is 0 Å². The fraction of sp³-hybridized carbons (Fsp3) is 0.286. The minimum absolute atomic E-state index is 0.177. The van der Waals surface area contributed by atoms with Crippen LogP contribution in [0.15, 0.2) is 36.4 Å². The van der Waals surface area contributed by atoms with Crippen molar-refractivity contribution in [3.63, 3.8) is 0 Å². The van der Waals surface area contributed by atoms with Crippen molar-refractivity contribution in [1.82, 2.24) is 5.32 Å². The number of carbonyl (C=O) groups excluding carboxylic acids is 1. The third-order valence-corrected chi connectivity index (χ3v) is 3.47. The van der Waals surface area contributed by atoms with Crippen LogP contribution in [-0.2, 0) is 9.59 Å². The zero-order chi connectivity index (χ0) is 13.8. The van der Waals surface area contributed by atoms with E-state index in [1.807, 2.05) is 12.2 Å². The monoisotopic (exact) mass is 279 g/mol. The highest BCUT2D eigenvalue weighted by Gasteiger charge is 2.27. The van der Waals surface area contributed by atoms with Crippen molar-refractivity contribution in [2.45, 2.75) is 18.9 Å². The van der Waals surface area contributed by atoms with E-state index in [1.54, 1.807) is 24.3 Å². The number of carboxylic acids is 1. The first-order chi connectivity index (χ1) is 9.09. The van der Waals surface area contributed by atoms with Crippen molar-refractivity contribution < 1.29 is 14.7 Å². The van der Waals surface area contributed by atoms with E-state index >= 15 is 0 Å². The Labute approximate surface area is 116 Å². The van der Waals surface area contributed by atoms with Gasteiger partial charge in [0.25, 0.3) is 0 Å². The van der Waals surface area contributed by atoms with Crippen LogP contribution in [-0.4, -0.2) is 17.0 Å². The fourth-order valence-electron chi connectivity index (χ4n) is 2.07. The maximum atomic E-state index is 12.0. The Morgan fingerprint density at radius 1 is 1.26 bits per heavy atom. The topological polar surface area (TPSA) is 66.4 Å². The van der Waals surface area contributed by atoms with Gasteiger partial charge >= 0.3 is 5.97 Å². The standard InChI is InChI=1S/C14H14ClNO3/c15-11-8-4-3-7-10(11)12(14(18)19)16-13(17)9-5-1-2-6-9/h1-4,7-9,12H,5-6H2,(H,16,17)(H,18,19)/t12-/m1/s1. The predicted octanol–water partition coefficient (Wildman–Crippen LogP) is 2.55. The molecule has 0 fully saturated rings. The smallest absolute Gasteiger partial charge is 0.330 e. The molecule has 1 aromatic rings. The second-order valence-electron chi connectivity index (χ2n) is 4.44. The first kappa shape index (κ1) is 13.6. The summed E-state index contributed by atoms with van der Waals surface area (Å²) in [6.45, 7) is 0. The normalized spacial score (nSPS) is 16.3. The van der Waals surface area contributed by atoms with Gasteiger partial charge in [-0.15, -0.1) is 0 Å². The summed E-state index contributed by atoms with van der Waals surface area (Å²) in [5.41, 5.74) is 0.399. The van der Waals surface area contributed by atoms with E-state index in [2.05, 4.69) is 5.32 Å². The van der Waals surface area contributed by atoms with Crippen molar-refractivity contribution in [3.8, 4) is 0 Å². The fourth-order valence-corrected chi connectivity index (χ4v) is 2.32. The third kappa shape index (κ3) is 3.15. The van der Waals surface area contributed by atoms with Gasteiger partial charge in [-0.1, -0.05) is 42.0 Å². The summed E-state index contributed by atoms with van der Waals surface area (Å²) in [6, 6.07) is 5.51.